The molecule has 54 heavy (non-hydrogen) atoms. The van der Waals surface area contributed by atoms with Gasteiger partial charge in [-0.2, -0.15) is 0 Å². The van der Waals surface area contributed by atoms with Crippen molar-refractivity contribution in [3.63, 3.8) is 0 Å². The highest BCUT2D eigenvalue weighted by molar-refractivity contribution is 9.09. The quantitative estimate of drug-likeness (QED) is 0.0549. The Morgan fingerprint density at radius 1 is 0.741 bits per heavy atom. The number of rotatable bonds is 20. The molecule has 14 nitrogen and oxygen atoms in total. The maximum Gasteiger partial charge on any atom is 0.407 e. The highest BCUT2D eigenvalue weighted by atomic mass is 79.9. The lowest BCUT2D eigenvalue weighted by atomic mass is 9.62. The Morgan fingerprint density at radius 2 is 1.31 bits per heavy atom. The third-order valence-corrected chi connectivity index (χ3v) is 11.6. The van der Waals surface area contributed by atoms with Gasteiger partial charge in [-0.15, -0.1) is 0 Å². The Labute approximate surface area is 332 Å². The van der Waals surface area contributed by atoms with E-state index in [1.807, 2.05) is 20.8 Å². The summed E-state index contributed by atoms with van der Waals surface area (Å²) >= 11 is 3.51. The highest BCUT2D eigenvalue weighted by Gasteiger charge is 2.44. The summed E-state index contributed by atoms with van der Waals surface area (Å²) in [6, 6.07) is -0.188. The highest BCUT2D eigenvalue weighted by Crippen LogP contribution is 2.46. The molecule has 4 amide bonds. The molecule has 2 fully saturated rings. The maximum atomic E-state index is 12.9. The lowest BCUT2D eigenvalue weighted by molar-refractivity contribution is -0.120. The van der Waals surface area contributed by atoms with Crippen molar-refractivity contribution in [1.82, 2.24) is 21.3 Å². The lowest BCUT2D eigenvalue weighted by Gasteiger charge is -2.46. The summed E-state index contributed by atoms with van der Waals surface area (Å²) in [7, 11) is 1.64. The number of unbranched alkanes of at least 4 members (excludes halogenated alkanes) is 1. The number of alkyl halides is 1. The SMILES string of the molecule is COCC(C)(CBr)COCC(C)(CO)COC(=O)NC1CC(C)(C)CC(C)(CNC(=O)OCCCCOC(=O)NC2(C)CC(NC(C)=O)CC(C)(C)C2)C1. The van der Waals surface area contributed by atoms with Crippen LogP contribution in [0.15, 0.2) is 0 Å². The van der Waals surface area contributed by atoms with Crippen LogP contribution in [0.3, 0.4) is 0 Å². The average Bonchev–Trinajstić information content (AvgIpc) is 3.02. The van der Waals surface area contributed by atoms with Crippen molar-refractivity contribution >= 4 is 40.1 Å². The largest absolute Gasteiger partial charge is 0.450 e. The summed E-state index contributed by atoms with van der Waals surface area (Å²) in [4.78, 5) is 49.7. The number of methoxy groups -OCH3 is 1. The zero-order chi connectivity index (χ0) is 40.8. The molecule has 0 heterocycles. The van der Waals surface area contributed by atoms with Crippen LogP contribution >= 0.6 is 15.9 Å². The number of carbonyl (C=O) groups excluding carboxylic acids is 4. The lowest BCUT2D eigenvalue weighted by Crippen LogP contribution is -2.57. The van der Waals surface area contributed by atoms with E-state index < -0.39 is 29.2 Å². The summed E-state index contributed by atoms with van der Waals surface area (Å²) in [5.74, 6) is -0.0823. The summed E-state index contributed by atoms with van der Waals surface area (Å²) in [6.45, 7) is 19.7. The van der Waals surface area contributed by atoms with Gasteiger partial charge in [-0.3, -0.25) is 4.79 Å². The number of hydrogen-bond donors (Lipinski definition) is 5. The van der Waals surface area contributed by atoms with Crippen LogP contribution in [-0.4, -0.2) is 112 Å². The van der Waals surface area contributed by atoms with Crippen LogP contribution in [0.1, 0.15) is 114 Å². The molecule has 0 aromatic heterocycles. The Morgan fingerprint density at radius 3 is 1.89 bits per heavy atom. The van der Waals surface area contributed by atoms with Crippen molar-refractivity contribution in [2.24, 2.45) is 27.1 Å². The molecule has 0 aromatic rings. The normalized spacial score (nSPS) is 27.0. The van der Waals surface area contributed by atoms with E-state index in [0.717, 1.165) is 25.7 Å². The van der Waals surface area contributed by atoms with Crippen LogP contribution < -0.4 is 21.3 Å². The Kier molecular flexibility index (Phi) is 18.3. The van der Waals surface area contributed by atoms with Gasteiger partial charge in [-0.25, -0.2) is 14.4 Å². The molecule has 5 N–H and O–H groups in total. The van der Waals surface area contributed by atoms with Crippen molar-refractivity contribution in [2.45, 2.75) is 131 Å². The van der Waals surface area contributed by atoms with Gasteiger partial charge in [-0.1, -0.05) is 64.4 Å². The topological polar surface area (TPSA) is 183 Å². The van der Waals surface area contributed by atoms with Gasteiger partial charge in [0.2, 0.25) is 5.91 Å². The van der Waals surface area contributed by atoms with Gasteiger partial charge < -0.3 is 50.1 Å². The van der Waals surface area contributed by atoms with Gasteiger partial charge >= 0.3 is 18.3 Å². The molecule has 0 spiro atoms. The fourth-order valence-corrected chi connectivity index (χ4v) is 8.91. The van der Waals surface area contributed by atoms with Crippen LogP contribution in [0.25, 0.3) is 0 Å². The van der Waals surface area contributed by atoms with Gasteiger partial charge in [0.1, 0.15) is 6.61 Å². The molecule has 6 unspecified atom stereocenters. The average molecular weight is 836 g/mol. The summed E-state index contributed by atoms with van der Waals surface area (Å²) in [6.07, 6.45) is 3.96. The standard InChI is InChI=1S/C39H71BrN4O10/c1-28(46)42-30-16-35(4,5)20-39(9,18-30)44-33(49)53-14-12-11-13-52-31(47)41-22-36(6)17-29(15-34(2,3)19-36)43-32(48)54-27-38(8,23-45)26-51-25-37(7,21-40)24-50-10/h29-30,45H,11-27H2,1-10H3,(H,41,47)(H,42,46)(H,43,48)(H,44,49). The Bertz CT molecular complexity index is 1240. The minimum Gasteiger partial charge on any atom is -0.450 e. The first-order chi connectivity index (χ1) is 25.0. The first-order valence-corrected chi connectivity index (χ1v) is 20.4. The van der Waals surface area contributed by atoms with Crippen LogP contribution in [0.2, 0.25) is 0 Å². The molecule has 2 aliphatic carbocycles. The second-order valence-corrected chi connectivity index (χ2v) is 19.5. The van der Waals surface area contributed by atoms with E-state index in [1.165, 1.54) is 6.92 Å². The van der Waals surface area contributed by atoms with E-state index in [9.17, 15) is 24.3 Å². The Balaban J connectivity index is 1.73. The van der Waals surface area contributed by atoms with Gasteiger partial charge in [-0.05, 0) is 74.5 Å². The van der Waals surface area contributed by atoms with Crippen LogP contribution in [-0.2, 0) is 28.5 Å². The molecule has 15 heteroatoms. The molecular formula is C39H71BrN4O10. The molecule has 0 aromatic carbocycles. The van der Waals surface area contributed by atoms with Crippen molar-refractivity contribution in [1.29, 1.82) is 0 Å². The fraction of sp³-hybridized carbons (Fsp3) is 0.897. The van der Waals surface area contributed by atoms with Gasteiger partial charge in [0.05, 0.1) is 39.6 Å². The summed E-state index contributed by atoms with van der Waals surface area (Å²) in [5.41, 5.74) is -1.95. The zero-order valence-corrected chi connectivity index (χ0v) is 36.3. The molecule has 314 valence electrons. The first kappa shape index (κ1) is 47.8. The van der Waals surface area contributed by atoms with E-state index in [2.05, 4.69) is 71.8 Å². The van der Waals surface area contributed by atoms with Crippen LogP contribution in [0.4, 0.5) is 14.4 Å². The molecule has 2 saturated carbocycles. The Hall–Kier alpha value is -2.36. The number of hydrogen-bond acceptors (Lipinski definition) is 10. The van der Waals surface area contributed by atoms with E-state index in [-0.39, 0.29) is 72.7 Å². The third-order valence-electron chi connectivity index (χ3n) is 10.3. The number of halogens is 1. The number of aliphatic hydroxyl groups is 1. The number of nitrogens with one attached hydrogen (secondary N) is 4. The summed E-state index contributed by atoms with van der Waals surface area (Å²) < 4.78 is 27.6. The number of carbonyl (C=O) groups is 4. The second-order valence-electron chi connectivity index (χ2n) is 19.0. The van der Waals surface area contributed by atoms with Gasteiger partial charge in [0, 0.05) is 54.4 Å². The van der Waals surface area contributed by atoms with E-state index in [4.69, 9.17) is 23.7 Å². The van der Waals surface area contributed by atoms with E-state index in [1.54, 1.807) is 7.11 Å². The molecule has 2 aliphatic rings. The molecule has 2 rings (SSSR count). The number of amides is 4. The number of ether oxygens (including phenoxy) is 5. The predicted octanol–water partition coefficient (Wildman–Crippen LogP) is 6.07. The van der Waals surface area contributed by atoms with E-state index in [0.29, 0.717) is 50.8 Å². The maximum absolute atomic E-state index is 12.9. The second kappa shape index (κ2) is 20.7. The van der Waals surface area contributed by atoms with Crippen molar-refractivity contribution in [3.05, 3.63) is 0 Å². The van der Waals surface area contributed by atoms with Crippen LogP contribution in [0, 0.1) is 27.1 Å². The first-order valence-electron chi connectivity index (χ1n) is 19.3. The molecule has 0 radical (unpaired) electrons. The molecule has 0 aliphatic heterocycles. The fourth-order valence-electron chi connectivity index (χ4n) is 8.58. The minimum absolute atomic E-state index is 0.00978. The van der Waals surface area contributed by atoms with Crippen LogP contribution in [0.5, 0.6) is 0 Å². The van der Waals surface area contributed by atoms with Gasteiger partial charge in [0.15, 0.2) is 0 Å². The van der Waals surface area contributed by atoms with Crippen molar-refractivity contribution in [2.75, 3.05) is 65.2 Å². The third kappa shape index (κ3) is 17.6. The smallest absolute Gasteiger partial charge is 0.407 e. The number of aliphatic hydroxyl groups excluding tert-OH is 1. The van der Waals surface area contributed by atoms with Crippen molar-refractivity contribution in [3.8, 4) is 0 Å². The molecular weight excluding hydrogens is 764 g/mol. The molecule has 0 bridgehead atoms. The summed E-state index contributed by atoms with van der Waals surface area (Å²) in [5, 5.41) is 22.7. The molecule has 6 atom stereocenters. The zero-order valence-electron chi connectivity index (χ0n) is 34.7. The van der Waals surface area contributed by atoms with Gasteiger partial charge in [0.25, 0.3) is 0 Å². The predicted molar refractivity (Wildman–Crippen MR) is 211 cm³/mol. The van der Waals surface area contributed by atoms with Crippen molar-refractivity contribution < 1.29 is 48.0 Å². The van der Waals surface area contributed by atoms with E-state index >= 15 is 0 Å². The molecule has 0 saturated heterocycles. The monoisotopic (exact) mass is 834 g/mol. The number of alkyl carbamates (subject to hydrolysis) is 3. The minimum atomic E-state index is -0.768.